The second kappa shape index (κ2) is 6.15. The van der Waals surface area contributed by atoms with Gasteiger partial charge in [0.25, 0.3) is 0 Å². The summed E-state index contributed by atoms with van der Waals surface area (Å²) in [4.78, 5) is 6.48. The predicted octanol–water partition coefficient (Wildman–Crippen LogP) is 3.50. The van der Waals surface area contributed by atoms with Crippen molar-refractivity contribution in [2.45, 2.75) is 25.0 Å². The lowest BCUT2D eigenvalue weighted by atomic mass is 9.78. The van der Waals surface area contributed by atoms with Crippen LogP contribution >= 0.6 is 23.2 Å². The Bertz CT molecular complexity index is 819. The maximum Gasteiger partial charge on any atom is 0.101 e. The molecule has 2 N–H and O–H groups in total. The smallest absolute Gasteiger partial charge is 0.101 e. The number of benzene rings is 1. The van der Waals surface area contributed by atoms with Gasteiger partial charge >= 0.3 is 0 Å². The molecule has 0 radical (unpaired) electrons. The Morgan fingerprint density at radius 1 is 1.25 bits per heavy atom. The van der Waals surface area contributed by atoms with Gasteiger partial charge in [-0.15, -0.1) is 0 Å². The lowest BCUT2D eigenvalue weighted by molar-refractivity contribution is 0.0416. The van der Waals surface area contributed by atoms with E-state index in [-0.39, 0.29) is 12.0 Å². The van der Waals surface area contributed by atoms with E-state index in [4.69, 9.17) is 23.2 Å². The highest BCUT2D eigenvalue weighted by Gasteiger charge is 2.44. The van der Waals surface area contributed by atoms with Gasteiger partial charge in [-0.25, -0.2) is 0 Å². The van der Waals surface area contributed by atoms with Gasteiger partial charge in [0.2, 0.25) is 0 Å². The van der Waals surface area contributed by atoms with Gasteiger partial charge in [-0.05, 0) is 49.7 Å². The Labute approximate surface area is 149 Å². The summed E-state index contributed by atoms with van der Waals surface area (Å²) in [6.45, 7) is 1.80. The molecule has 3 aliphatic heterocycles. The summed E-state index contributed by atoms with van der Waals surface area (Å²) in [5, 5.41) is 25.8. The third-order valence-electron chi connectivity index (χ3n) is 5.17. The zero-order valence-corrected chi connectivity index (χ0v) is 14.4. The van der Waals surface area contributed by atoms with Crippen LogP contribution in [0.4, 0.5) is 0 Å². The van der Waals surface area contributed by atoms with Crippen molar-refractivity contribution in [3.05, 3.63) is 40.0 Å². The number of pyridine rings is 1. The predicted molar refractivity (Wildman–Crippen MR) is 94.0 cm³/mol. The number of halogens is 2. The Balaban J connectivity index is 1.82. The number of nitrogens with zero attached hydrogens (tertiary/aromatic N) is 3. The molecule has 0 aliphatic carbocycles. The number of aromatic nitrogens is 1. The van der Waals surface area contributed by atoms with E-state index in [2.05, 4.69) is 15.0 Å². The highest BCUT2D eigenvalue weighted by molar-refractivity contribution is 6.38. The molecule has 7 heteroatoms. The monoisotopic (exact) mass is 365 g/mol. The summed E-state index contributed by atoms with van der Waals surface area (Å²) in [5.74, 6) is 0.236. The second-order valence-corrected chi connectivity index (χ2v) is 7.25. The molecule has 126 valence electrons. The number of aliphatic hydroxyl groups excluding tert-OH is 1. The lowest BCUT2D eigenvalue weighted by Gasteiger charge is -2.47. The van der Waals surface area contributed by atoms with E-state index in [1.807, 2.05) is 0 Å². The first-order valence-electron chi connectivity index (χ1n) is 7.97. The first-order valence-corrected chi connectivity index (χ1v) is 8.73. The largest absolute Gasteiger partial charge is 0.411 e. The van der Waals surface area contributed by atoms with Gasteiger partial charge in [-0.1, -0.05) is 28.4 Å². The summed E-state index contributed by atoms with van der Waals surface area (Å²) in [6, 6.07) is 4.85. The summed E-state index contributed by atoms with van der Waals surface area (Å²) in [6.07, 6.45) is 2.74. The number of aliphatic hydroxyl groups is 1. The van der Waals surface area contributed by atoms with Crippen LogP contribution in [0.2, 0.25) is 10.0 Å². The van der Waals surface area contributed by atoms with E-state index in [1.54, 1.807) is 24.4 Å². The van der Waals surface area contributed by atoms with E-state index in [9.17, 15) is 10.3 Å². The SMILES string of the molecule is O/N=C1/C2CCN(CC2)C1C(O)c1ccnc2c(Cl)cc(Cl)cc12. The van der Waals surface area contributed by atoms with Crippen molar-refractivity contribution in [1.82, 2.24) is 9.88 Å². The van der Waals surface area contributed by atoms with Crippen LogP contribution in [0.1, 0.15) is 24.5 Å². The van der Waals surface area contributed by atoms with E-state index >= 15 is 0 Å². The van der Waals surface area contributed by atoms with Crippen LogP contribution in [-0.4, -0.2) is 45.0 Å². The molecular formula is C17H17Cl2N3O2. The van der Waals surface area contributed by atoms with Gasteiger partial charge in [0.1, 0.15) is 6.10 Å². The maximum atomic E-state index is 11.1. The van der Waals surface area contributed by atoms with Crippen LogP contribution in [-0.2, 0) is 0 Å². The fourth-order valence-electron chi connectivity index (χ4n) is 4.03. The van der Waals surface area contributed by atoms with Crippen LogP contribution in [0.3, 0.4) is 0 Å². The Morgan fingerprint density at radius 2 is 2.00 bits per heavy atom. The number of hydrogen-bond acceptors (Lipinski definition) is 5. The third kappa shape index (κ3) is 2.47. The molecule has 5 rings (SSSR count). The van der Waals surface area contributed by atoms with Crippen LogP contribution in [0.15, 0.2) is 29.6 Å². The number of hydrogen-bond donors (Lipinski definition) is 2. The Kier molecular flexibility index (Phi) is 4.12. The van der Waals surface area contributed by atoms with Gasteiger partial charge in [-0.2, -0.15) is 0 Å². The van der Waals surface area contributed by atoms with E-state index < -0.39 is 6.10 Å². The molecule has 3 fully saturated rings. The zero-order valence-electron chi connectivity index (χ0n) is 12.9. The Hall–Kier alpha value is -1.40. The first-order chi connectivity index (χ1) is 11.6. The van der Waals surface area contributed by atoms with Crippen molar-refractivity contribution >= 4 is 39.8 Å². The molecule has 3 saturated heterocycles. The van der Waals surface area contributed by atoms with E-state index in [0.29, 0.717) is 26.8 Å². The number of fused-ring (bicyclic) bond motifs is 4. The number of piperidine rings is 3. The molecule has 1 aromatic carbocycles. The average molecular weight is 366 g/mol. The topological polar surface area (TPSA) is 69.0 Å². The molecule has 2 bridgehead atoms. The first kappa shape index (κ1) is 16.1. The van der Waals surface area contributed by atoms with Crippen LogP contribution in [0, 0.1) is 5.92 Å². The van der Waals surface area contributed by atoms with Crippen LogP contribution in [0.5, 0.6) is 0 Å². The van der Waals surface area contributed by atoms with Crippen molar-refractivity contribution in [2.75, 3.05) is 13.1 Å². The molecule has 0 amide bonds. The van der Waals surface area contributed by atoms with Gasteiger partial charge in [0, 0.05) is 22.5 Å². The molecule has 2 unspecified atom stereocenters. The van der Waals surface area contributed by atoms with Crippen molar-refractivity contribution in [2.24, 2.45) is 11.1 Å². The molecule has 5 nitrogen and oxygen atoms in total. The highest BCUT2D eigenvalue weighted by Crippen LogP contribution is 2.38. The van der Waals surface area contributed by atoms with E-state index in [1.165, 1.54) is 0 Å². The second-order valence-electron chi connectivity index (χ2n) is 6.41. The molecule has 24 heavy (non-hydrogen) atoms. The molecule has 2 atom stereocenters. The summed E-state index contributed by atoms with van der Waals surface area (Å²) < 4.78 is 0. The highest BCUT2D eigenvalue weighted by atomic mass is 35.5. The van der Waals surface area contributed by atoms with Crippen molar-refractivity contribution in [3.63, 3.8) is 0 Å². The molecule has 1 aromatic heterocycles. The number of oxime groups is 1. The van der Waals surface area contributed by atoms with Crippen LogP contribution in [0.25, 0.3) is 10.9 Å². The summed E-state index contributed by atoms with van der Waals surface area (Å²) >= 11 is 12.4. The van der Waals surface area contributed by atoms with Gasteiger partial charge in [0.05, 0.1) is 22.3 Å². The lowest BCUT2D eigenvalue weighted by Crippen LogP contribution is -2.57. The quantitative estimate of drug-likeness (QED) is 0.631. The van der Waals surface area contributed by atoms with Crippen LogP contribution < -0.4 is 0 Å². The summed E-state index contributed by atoms with van der Waals surface area (Å²) in [5.41, 5.74) is 1.97. The third-order valence-corrected chi connectivity index (χ3v) is 5.68. The standard InChI is InChI=1S/C17H17Cl2N3O2/c18-10-7-12-11(1-4-20-15(12)13(19)8-10)17(23)16-14(21-24)9-2-5-22(16)6-3-9/h1,4,7-9,16-17,23-24H,2-3,5-6H2/b21-14-. The number of rotatable bonds is 2. The fraction of sp³-hybridized carbons (Fsp3) is 0.412. The molecule has 2 aromatic rings. The molecule has 3 aliphatic rings. The van der Waals surface area contributed by atoms with Crippen molar-refractivity contribution in [3.8, 4) is 0 Å². The van der Waals surface area contributed by atoms with E-state index in [0.717, 1.165) is 31.3 Å². The van der Waals surface area contributed by atoms with Crippen molar-refractivity contribution < 1.29 is 10.3 Å². The fourth-order valence-corrected chi connectivity index (χ4v) is 4.57. The van der Waals surface area contributed by atoms with Gasteiger partial charge in [-0.3, -0.25) is 9.88 Å². The Morgan fingerprint density at radius 3 is 2.71 bits per heavy atom. The molecule has 0 saturated carbocycles. The minimum atomic E-state index is -0.834. The minimum absolute atomic E-state index is 0.236. The minimum Gasteiger partial charge on any atom is -0.411 e. The summed E-state index contributed by atoms with van der Waals surface area (Å²) in [7, 11) is 0. The van der Waals surface area contributed by atoms with Gasteiger partial charge in [0.15, 0.2) is 0 Å². The average Bonchev–Trinajstić information content (AvgIpc) is 2.60. The molecule has 4 heterocycles. The van der Waals surface area contributed by atoms with Crippen molar-refractivity contribution in [1.29, 1.82) is 0 Å². The molecule has 0 spiro atoms. The van der Waals surface area contributed by atoms with Gasteiger partial charge < -0.3 is 10.3 Å². The molecular weight excluding hydrogens is 349 g/mol. The maximum absolute atomic E-state index is 11.1. The zero-order chi connectivity index (χ0) is 16.8. The normalized spacial score (nSPS) is 29.3.